The summed E-state index contributed by atoms with van der Waals surface area (Å²) in [6.45, 7) is 1.76. The number of carbonyl (C=O) groups is 1. The standard InChI is InChI=1S/C13H15Cl2NO3/c14-9-3-4-10(15)12(8-9)19-7-6-16-5-1-2-11(16)13(17)18/h3-4,8,11H,1-2,5-7H2,(H,17,18). The van der Waals surface area contributed by atoms with Crippen LogP contribution in [0.5, 0.6) is 5.75 Å². The molecule has 0 aromatic heterocycles. The van der Waals surface area contributed by atoms with Gasteiger partial charge in [-0.3, -0.25) is 9.69 Å². The number of hydrogen-bond acceptors (Lipinski definition) is 3. The number of carboxylic acids is 1. The number of likely N-dealkylation sites (tertiary alicyclic amines) is 1. The second-order valence-corrected chi connectivity index (χ2v) is 5.30. The van der Waals surface area contributed by atoms with Gasteiger partial charge in [0.2, 0.25) is 0 Å². The number of rotatable bonds is 5. The average molecular weight is 304 g/mol. The van der Waals surface area contributed by atoms with E-state index in [-0.39, 0.29) is 0 Å². The molecule has 0 amide bonds. The SMILES string of the molecule is O=C(O)C1CCCN1CCOc1cc(Cl)ccc1Cl. The fourth-order valence-corrected chi connectivity index (χ4v) is 2.57. The predicted octanol–water partition coefficient (Wildman–Crippen LogP) is 2.92. The highest BCUT2D eigenvalue weighted by Crippen LogP contribution is 2.27. The van der Waals surface area contributed by atoms with Gasteiger partial charge in [-0.05, 0) is 31.5 Å². The van der Waals surface area contributed by atoms with Gasteiger partial charge >= 0.3 is 5.97 Å². The number of benzene rings is 1. The zero-order valence-electron chi connectivity index (χ0n) is 10.3. The van der Waals surface area contributed by atoms with Crippen molar-refractivity contribution in [3.63, 3.8) is 0 Å². The number of ether oxygens (including phenoxy) is 1. The van der Waals surface area contributed by atoms with E-state index in [0.717, 1.165) is 13.0 Å². The number of halogens is 2. The zero-order valence-corrected chi connectivity index (χ0v) is 11.8. The molecule has 19 heavy (non-hydrogen) atoms. The Morgan fingerprint density at radius 3 is 3.00 bits per heavy atom. The van der Waals surface area contributed by atoms with Gasteiger partial charge in [0.05, 0.1) is 5.02 Å². The fraction of sp³-hybridized carbons (Fsp3) is 0.462. The number of carboxylic acid groups (broad SMARTS) is 1. The first-order valence-electron chi connectivity index (χ1n) is 6.12. The molecular formula is C13H15Cl2NO3. The Hall–Kier alpha value is -0.970. The van der Waals surface area contributed by atoms with E-state index in [1.54, 1.807) is 18.2 Å². The molecule has 1 saturated heterocycles. The van der Waals surface area contributed by atoms with E-state index in [1.807, 2.05) is 4.90 Å². The van der Waals surface area contributed by atoms with Crippen LogP contribution in [0.25, 0.3) is 0 Å². The third-order valence-electron chi connectivity index (χ3n) is 3.18. The van der Waals surface area contributed by atoms with E-state index in [4.69, 9.17) is 33.0 Å². The molecule has 6 heteroatoms. The van der Waals surface area contributed by atoms with Gasteiger partial charge in [-0.2, -0.15) is 0 Å². The predicted molar refractivity (Wildman–Crippen MR) is 74.2 cm³/mol. The molecule has 1 aliphatic rings. The van der Waals surface area contributed by atoms with Crippen molar-refractivity contribution in [1.29, 1.82) is 0 Å². The van der Waals surface area contributed by atoms with Crippen LogP contribution < -0.4 is 4.74 Å². The quantitative estimate of drug-likeness (QED) is 0.908. The molecule has 0 bridgehead atoms. The van der Waals surface area contributed by atoms with Crippen LogP contribution in [0.1, 0.15) is 12.8 Å². The molecule has 2 rings (SSSR count). The van der Waals surface area contributed by atoms with Crippen molar-refractivity contribution in [2.45, 2.75) is 18.9 Å². The van der Waals surface area contributed by atoms with Gasteiger partial charge in [0.25, 0.3) is 0 Å². The molecular weight excluding hydrogens is 289 g/mol. The van der Waals surface area contributed by atoms with Crippen LogP contribution in [0, 0.1) is 0 Å². The van der Waals surface area contributed by atoms with Crippen molar-refractivity contribution in [3.05, 3.63) is 28.2 Å². The maximum absolute atomic E-state index is 11.0. The molecule has 0 saturated carbocycles. The van der Waals surface area contributed by atoms with Crippen molar-refractivity contribution < 1.29 is 14.6 Å². The number of nitrogens with zero attached hydrogens (tertiary/aromatic N) is 1. The minimum atomic E-state index is -0.765. The van der Waals surface area contributed by atoms with Gasteiger partial charge in [0, 0.05) is 17.6 Å². The molecule has 1 N–H and O–H groups in total. The summed E-state index contributed by atoms with van der Waals surface area (Å²) in [4.78, 5) is 12.9. The maximum atomic E-state index is 11.0. The van der Waals surface area contributed by atoms with Crippen LogP contribution in [0.3, 0.4) is 0 Å². The lowest BCUT2D eigenvalue weighted by atomic mass is 10.2. The summed E-state index contributed by atoms with van der Waals surface area (Å²) in [6, 6.07) is 4.63. The van der Waals surface area contributed by atoms with E-state index < -0.39 is 12.0 Å². The summed E-state index contributed by atoms with van der Waals surface area (Å²) in [5.74, 6) is -0.237. The molecule has 0 aliphatic carbocycles. The Morgan fingerprint density at radius 1 is 1.47 bits per heavy atom. The van der Waals surface area contributed by atoms with Crippen LogP contribution in [-0.4, -0.2) is 41.7 Å². The largest absolute Gasteiger partial charge is 0.491 e. The molecule has 1 aliphatic heterocycles. The van der Waals surface area contributed by atoms with E-state index >= 15 is 0 Å². The van der Waals surface area contributed by atoms with E-state index in [2.05, 4.69) is 0 Å². The molecule has 1 aromatic rings. The van der Waals surface area contributed by atoms with Gasteiger partial charge in [-0.1, -0.05) is 23.2 Å². The van der Waals surface area contributed by atoms with Crippen LogP contribution >= 0.6 is 23.2 Å². The molecule has 1 aromatic carbocycles. The molecule has 1 unspecified atom stereocenters. The van der Waals surface area contributed by atoms with Gasteiger partial charge < -0.3 is 9.84 Å². The second kappa shape index (κ2) is 6.46. The van der Waals surface area contributed by atoms with E-state index in [1.165, 1.54) is 0 Å². The minimum Gasteiger partial charge on any atom is -0.491 e. The lowest BCUT2D eigenvalue weighted by molar-refractivity contribution is -0.142. The number of aliphatic carboxylic acids is 1. The third-order valence-corrected chi connectivity index (χ3v) is 3.73. The summed E-state index contributed by atoms with van der Waals surface area (Å²) in [5, 5.41) is 10.1. The molecule has 104 valence electrons. The van der Waals surface area contributed by atoms with E-state index in [0.29, 0.717) is 35.4 Å². The topological polar surface area (TPSA) is 49.8 Å². The normalized spacial score (nSPS) is 19.6. The first-order chi connectivity index (χ1) is 9.08. The molecule has 1 heterocycles. The molecule has 0 spiro atoms. The Bertz CT molecular complexity index is 467. The second-order valence-electron chi connectivity index (χ2n) is 4.46. The minimum absolute atomic E-state index is 0.390. The zero-order chi connectivity index (χ0) is 13.8. The first kappa shape index (κ1) is 14.4. The highest BCUT2D eigenvalue weighted by molar-refractivity contribution is 6.34. The smallest absolute Gasteiger partial charge is 0.320 e. The summed E-state index contributed by atoms with van der Waals surface area (Å²) in [6.07, 6.45) is 1.61. The molecule has 4 nitrogen and oxygen atoms in total. The number of hydrogen-bond donors (Lipinski definition) is 1. The maximum Gasteiger partial charge on any atom is 0.320 e. The van der Waals surface area contributed by atoms with E-state index in [9.17, 15) is 4.79 Å². The first-order valence-corrected chi connectivity index (χ1v) is 6.88. The monoisotopic (exact) mass is 303 g/mol. The highest BCUT2D eigenvalue weighted by Gasteiger charge is 2.29. The Balaban J connectivity index is 1.86. The summed E-state index contributed by atoms with van der Waals surface area (Å²) in [7, 11) is 0. The van der Waals surface area contributed by atoms with Gasteiger partial charge in [0.1, 0.15) is 18.4 Å². The van der Waals surface area contributed by atoms with Crippen molar-refractivity contribution in [1.82, 2.24) is 4.90 Å². The fourth-order valence-electron chi connectivity index (χ4n) is 2.23. The lowest BCUT2D eigenvalue weighted by Crippen LogP contribution is -2.38. The van der Waals surface area contributed by atoms with Gasteiger partial charge in [-0.25, -0.2) is 0 Å². The van der Waals surface area contributed by atoms with Crippen molar-refractivity contribution in [2.75, 3.05) is 19.7 Å². The molecule has 1 fully saturated rings. The highest BCUT2D eigenvalue weighted by atomic mass is 35.5. The van der Waals surface area contributed by atoms with Gasteiger partial charge in [0.15, 0.2) is 0 Å². The van der Waals surface area contributed by atoms with Crippen LogP contribution in [0.15, 0.2) is 18.2 Å². The molecule has 0 radical (unpaired) electrons. The summed E-state index contributed by atoms with van der Waals surface area (Å²) in [5.41, 5.74) is 0. The van der Waals surface area contributed by atoms with Crippen LogP contribution in [0.2, 0.25) is 10.0 Å². The van der Waals surface area contributed by atoms with Crippen molar-refractivity contribution in [3.8, 4) is 5.75 Å². The Morgan fingerprint density at radius 2 is 2.26 bits per heavy atom. The van der Waals surface area contributed by atoms with Crippen LogP contribution in [0.4, 0.5) is 0 Å². The Kier molecular flexibility index (Phi) is 4.91. The van der Waals surface area contributed by atoms with Crippen LogP contribution in [-0.2, 0) is 4.79 Å². The van der Waals surface area contributed by atoms with Crippen molar-refractivity contribution >= 4 is 29.2 Å². The average Bonchev–Trinajstić information content (AvgIpc) is 2.82. The summed E-state index contributed by atoms with van der Waals surface area (Å²) >= 11 is 11.8. The lowest BCUT2D eigenvalue weighted by Gasteiger charge is -2.21. The molecule has 1 atom stereocenters. The summed E-state index contributed by atoms with van der Waals surface area (Å²) < 4.78 is 5.56. The Labute approximate surface area is 121 Å². The third kappa shape index (κ3) is 3.75. The van der Waals surface area contributed by atoms with Gasteiger partial charge in [-0.15, -0.1) is 0 Å². The van der Waals surface area contributed by atoms with Crippen molar-refractivity contribution in [2.24, 2.45) is 0 Å².